The Hall–Kier alpha value is -3.10. The van der Waals surface area contributed by atoms with Crippen molar-refractivity contribution in [3.8, 4) is 0 Å². The van der Waals surface area contributed by atoms with Crippen LogP contribution in [-0.4, -0.2) is 16.0 Å². The Kier molecular flexibility index (Phi) is 3.66. The largest absolute Gasteiger partial charge is 0.372 e. The predicted octanol–water partition coefficient (Wildman–Crippen LogP) is 4.26. The number of ether oxygens (including phenoxy) is 2. The molecule has 2 aromatic carbocycles. The van der Waals surface area contributed by atoms with E-state index in [9.17, 15) is 20.2 Å². The fourth-order valence-electron chi connectivity index (χ4n) is 6.04. The van der Waals surface area contributed by atoms with Gasteiger partial charge in [-0.15, -0.1) is 0 Å². The van der Waals surface area contributed by atoms with Crippen LogP contribution in [0.1, 0.15) is 28.9 Å². The lowest BCUT2D eigenvalue weighted by Gasteiger charge is -2.29. The normalized spacial score (nSPS) is 34.2. The SMILES string of the molecule is O=[N+]([O-])c1ccc(COC2[C@H]3C=C[C@H]2[C@H]2[C@H]3[C@H]3O[C@H]2c2ccccc23)c([N+](=O)[O-])c1. The third-order valence-corrected chi connectivity index (χ3v) is 7.16. The van der Waals surface area contributed by atoms with Gasteiger partial charge in [0.2, 0.25) is 0 Å². The summed E-state index contributed by atoms with van der Waals surface area (Å²) in [6.07, 6.45) is 4.51. The summed E-state index contributed by atoms with van der Waals surface area (Å²) >= 11 is 0. The Balaban J connectivity index is 1.25. The predicted molar refractivity (Wildman–Crippen MR) is 104 cm³/mol. The summed E-state index contributed by atoms with van der Waals surface area (Å²) in [5.74, 6) is 1.13. The molecule has 6 rings (SSSR count). The number of nitro benzene ring substituents is 2. The van der Waals surface area contributed by atoms with Crippen molar-refractivity contribution in [3.05, 3.63) is 91.5 Å². The molecule has 2 aromatic rings. The average molecular weight is 406 g/mol. The summed E-state index contributed by atoms with van der Waals surface area (Å²) in [6.45, 7) is 0.0518. The van der Waals surface area contributed by atoms with Gasteiger partial charge in [-0.2, -0.15) is 0 Å². The van der Waals surface area contributed by atoms with Gasteiger partial charge in [0.05, 0.1) is 46.4 Å². The maximum Gasteiger partial charge on any atom is 0.281 e. The molecule has 2 aliphatic heterocycles. The van der Waals surface area contributed by atoms with Gasteiger partial charge in [0.25, 0.3) is 11.4 Å². The number of fused-ring (bicyclic) bond motifs is 12. The number of hydrogen-bond donors (Lipinski definition) is 0. The molecule has 0 spiro atoms. The summed E-state index contributed by atoms with van der Waals surface area (Å²) in [6, 6.07) is 12.1. The van der Waals surface area contributed by atoms with E-state index < -0.39 is 9.85 Å². The van der Waals surface area contributed by atoms with Crippen LogP contribution < -0.4 is 0 Å². The van der Waals surface area contributed by atoms with Gasteiger partial charge in [-0.05, 0) is 17.2 Å². The number of hydrogen-bond acceptors (Lipinski definition) is 6. The second-order valence-electron chi connectivity index (χ2n) is 8.40. The van der Waals surface area contributed by atoms with Crippen LogP contribution in [0.5, 0.6) is 0 Å². The number of nitro groups is 2. The van der Waals surface area contributed by atoms with E-state index in [1.807, 2.05) is 12.1 Å². The van der Waals surface area contributed by atoms with E-state index in [1.54, 1.807) is 0 Å². The van der Waals surface area contributed by atoms with Gasteiger partial charge in [0.15, 0.2) is 0 Å². The monoisotopic (exact) mass is 406 g/mol. The van der Waals surface area contributed by atoms with Crippen LogP contribution in [0.25, 0.3) is 0 Å². The minimum absolute atomic E-state index is 0.0518. The van der Waals surface area contributed by atoms with Gasteiger partial charge in [-0.3, -0.25) is 20.2 Å². The molecular weight excluding hydrogens is 388 g/mol. The zero-order valence-electron chi connectivity index (χ0n) is 15.8. The third kappa shape index (κ3) is 2.28. The van der Waals surface area contributed by atoms with E-state index in [1.165, 1.54) is 23.3 Å². The van der Waals surface area contributed by atoms with Crippen LogP contribution in [0.4, 0.5) is 11.4 Å². The van der Waals surface area contributed by atoms with Crippen molar-refractivity contribution < 1.29 is 19.3 Å². The van der Waals surface area contributed by atoms with E-state index in [-0.39, 0.29) is 48.1 Å². The smallest absolute Gasteiger partial charge is 0.281 e. The lowest BCUT2D eigenvalue weighted by atomic mass is 9.71. The molecular formula is C22H18N2O6. The Bertz CT molecular complexity index is 1070. The molecule has 8 nitrogen and oxygen atoms in total. The van der Waals surface area contributed by atoms with Crippen molar-refractivity contribution in [2.75, 3.05) is 0 Å². The fraction of sp³-hybridized carbons (Fsp3) is 0.364. The lowest BCUT2D eigenvalue weighted by Crippen LogP contribution is -2.25. The third-order valence-electron chi connectivity index (χ3n) is 7.16. The molecule has 6 atom stereocenters. The highest BCUT2D eigenvalue weighted by atomic mass is 16.6. The molecule has 0 N–H and O–H groups in total. The molecule has 4 aliphatic rings. The molecule has 30 heavy (non-hydrogen) atoms. The zero-order valence-corrected chi connectivity index (χ0v) is 15.8. The summed E-state index contributed by atoms with van der Waals surface area (Å²) < 4.78 is 12.6. The number of non-ortho nitro benzene ring substituents is 1. The van der Waals surface area contributed by atoms with Crippen LogP contribution in [0.2, 0.25) is 0 Å². The maximum atomic E-state index is 11.4. The van der Waals surface area contributed by atoms with Crippen molar-refractivity contribution in [1.29, 1.82) is 0 Å². The molecule has 0 aromatic heterocycles. The van der Waals surface area contributed by atoms with E-state index in [4.69, 9.17) is 9.47 Å². The summed E-state index contributed by atoms with van der Waals surface area (Å²) in [4.78, 5) is 21.1. The molecule has 0 radical (unpaired) electrons. The zero-order chi connectivity index (χ0) is 20.6. The van der Waals surface area contributed by atoms with Crippen molar-refractivity contribution in [3.63, 3.8) is 0 Å². The molecule has 8 heteroatoms. The lowest BCUT2D eigenvalue weighted by molar-refractivity contribution is -0.394. The quantitative estimate of drug-likeness (QED) is 0.417. The van der Waals surface area contributed by atoms with Crippen LogP contribution in [-0.2, 0) is 16.1 Å². The summed E-state index contributed by atoms with van der Waals surface area (Å²) in [7, 11) is 0. The van der Waals surface area contributed by atoms with E-state index in [0.717, 1.165) is 6.07 Å². The first-order chi connectivity index (χ1) is 14.5. The molecule has 1 saturated carbocycles. The Morgan fingerprint density at radius 2 is 1.53 bits per heavy atom. The molecule has 2 fully saturated rings. The Morgan fingerprint density at radius 3 is 2.10 bits per heavy atom. The van der Waals surface area contributed by atoms with Gasteiger partial charge in [-0.1, -0.05) is 36.4 Å². The van der Waals surface area contributed by atoms with E-state index in [2.05, 4.69) is 24.3 Å². The second-order valence-corrected chi connectivity index (χ2v) is 8.40. The first-order valence-corrected chi connectivity index (χ1v) is 10.0. The van der Waals surface area contributed by atoms with Gasteiger partial charge < -0.3 is 9.47 Å². The van der Waals surface area contributed by atoms with Gasteiger partial charge >= 0.3 is 0 Å². The minimum atomic E-state index is -0.632. The van der Waals surface area contributed by atoms with Crippen LogP contribution in [0.15, 0.2) is 54.6 Å². The number of benzene rings is 2. The number of rotatable bonds is 5. The van der Waals surface area contributed by atoms with Gasteiger partial charge in [0.1, 0.15) is 0 Å². The highest BCUT2D eigenvalue weighted by Gasteiger charge is 2.65. The van der Waals surface area contributed by atoms with Crippen molar-refractivity contribution in [2.24, 2.45) is 23.7 Å². The molecule has 152 valence electrons. The second kappa shape index (κ2) is 6.20. The molecule has 2 heterocycles. The first-order valence-electron chi connectivity index (χ1n) is 10.0. The van der Waals surface area contributed by atoms with Gasteiger partial charge in [0, 0.05) is 29.7 Å². The summed E-state index contributed by atoms with van der Waals surface area (Å²) in [5, 5.41) is 22.4. The minimum Gasteiger partial charge on any atom is -0.372 e. The molecule has 2 aliphatic carbocycles. The van der Waals surface area contributed by atoms with E-state index >= 15 is 0 Å². The molecule has 1 saturated heterocycles. The van der Waals surface area contributed by atoms with E-state index in [0.29, 0.717) is 17.4 Å². The van der Waals surface area contributed by atoms with Crippen LogP contribution in [0, 0.1) is 43.9 Å². The topological polar surface area (TPSA) is 105 Å². The first kappa shape index (κ1) is 17.7. The number of nitrogens with zero attached hydrogens (tertiary/aromatic N) is 2. The Morgan fingerprint density at radius 1 is 0.900 bits per heavy atom. The van der Waals surface area contributed by atoms with Crippen molar-refractivity contribution in [2.45, 2.75) is 24.9 Å². The molecule has 0 amide bonds. The molecule has 0 unspecified atom stereocenters. The maximum absolute atomic E-state index is 11.4. The fourth-order valence-corrected chi connectivity index (χ4v) is 6.04. The highest BCUT2D eigenvalue weighted by Crippen LogP contribution is 2.68. The highest BCUT2D eigenvalue weighted by molar-refractivity contribution is 5.49. The standard InChI is InChI=1S/C22H18N2O6/c25-23(26)12-6-5-11(17(9-12)24(27)28)10-29-20-15-7-8-16(20)19-18(15)21-13-3-1-2-4-14(13)22(19)30-21/h1-9,15-16,18-22H,10H2/t15-,16-,18-,19-,21-,22-/m0/s1. The van der Waals surface area contributed by atoms with Crippen molar-refractivity contribution in [1.82, 2.24) is 0 Å². The van der Waals surface area contributed by atoms with Crippen molar-refractivity contribution >= 4 is 11.4 Å². The average Bonchev–Trinajstić information content (AvgIpc) is 3.49. The van der Waals surface area contributed by atoms with Crippen LogP contribution in [0.3, 0.4) is 0 Å². The Labute approximate surface area is 171 Å². The van der Waals surface area contributed by atoms with Crippen LogP contribution >= 0.6 is 0 Å². The van der Waals surface area contributed by atoms with Gasteiger partial charge in [-0.25, -0.2) is 0 Å². The summed E-state index contributed by atoms with van der Waals surface area (Å²) in [5.41, 5.74) is 2.32. The molecule has 4 bridgehead atoms.